The molecular formula is C16H23N3O2. The molecule has 2 saturated heterocycles. The second-order valence-electron chi connectivity index (χ2n) is 5.77. The van der Waals surface area contributed by atoms with Crippen molar-refractivity contribution in [3.05, 3.63) is 29.8 Å². The number of carbonyl (C=O) groups excluding carboxylic acids is 1. The van der Waals surface area contributed by atoms with Gasteiger partial charge in [0, 0.05) is 37.8 Å². The van der Waals surface area contributed by atoms with Crippen molar-refractivity contribution in [1.29, 1.82) is 0 Å². The smallest absolute Gasteiger partial charge is 0.260 e. The zero-order chi connectivity index (χ0) is 14.7. The standard InChI is InChI=1S/C16H23N3O2/c17-10-13-4-1-2-6-15(13)21-12-16(20)19-9-8-18-7-3-5-14(18)11-19/h1-2,4,6,14H,3,5,7-12,17H2. The van der Waals surface area contributed by atoms with Crippen LogP contribution in [0.5, 0.6) is 5.75 Å². The molecule has 0 aliphatic carbocycles. The van der Waals surface area contributed by atoms with E-state index in [4.69, 9.17) is 10.5 Å². The topological polar surface area (TPSA) is 58.8 Å². The molecule has 1 unspecified atom stereocenters. The Morgan fingerprint density at radius 2 is 2.14 bits per heavy atom. The molecule has 0 spiro atoms. The summed E-state index contributed by atoms with van der Waals surface area (Å²) in [7, 11) is 0. The number of carbonyl (C=O) groups is 1. The van der Waals surface area contributed by atoms with Gasteiger partial charge in [-0.1, -0.05) is 18.2 Å². The zero-order valence-corrected chi connectivity index (χ0v) is 12.3. The van der Waals surface area contributed by atoms with E-state index in [0.717, 1.165) is 25.2 Å². The van der Waals surface area contributed by atoms with E-state index in [1.165, 1.54) is 19.4 Å². The molecule has 0 radical (unpaired) electrons. The van der Waals surface area contributed by atoms with E-state index >= 15 is 0 Å². The zero-order valence-electron chi connectivity index (χ0n) is 12.3. The number of hydrogen-bond acceptors (Lipinski definition) is 4. The van der Waals surface area contributed by atoms with Crippen LogP contribution in [0.15, 0.2) is 24.3 Å². The van der Waals surface area contributed by atoms with Crippen LogP contribution in [0.4, 0.5) is 0 Å². The normalized spacial score (nSPS) is 22.1. The van der Waals surface area contributed by atoms with E-state index in [-0.39, 0.29) is 12.5 Å². The van der Waals surface area contributed by atoms with Gasteiger partial charge in [0.2, 0.25) is 0 Å². The number of para-hydroxylation sites is 1. The fraction of sp³-hybridized carbons (Fsp3) is 0.562. The Kier molecular flexibility index (Phi) is 4.41. The van der Waals surface area contributed by atoms with E-state index < -0.39 is 0 Å². The van der Waals surface area contributed by atoms with Gasteiger partial charge in [-0.15, -0.1) is 0 Å². The summed E-state index contributed by atoms with van der Waals surface area (Å²) in [6.45, 7) is 4.37. The number of fused-ring (bicyclic) bond motifs is 1. The Bertz CT molecular complexity index is 506. The number of nitrogens with zero attached hydrogens (tertiary/aromatic N) is 2. The molecule has 2 heterocycles. The molecule has 2 aliphatic heterocycles. The lowest BCUT2D eigenvalue weighted by molar-refractivity contribution is -0.135. The second kappa shape index (κ2) is 6.45. The van der Waals surface area contributed by atoms with Crippen molar-refractivity contribution in [1.82, 2.24) is 9.80 Å². The molecule has 1 amide bonds. The van der Waals surface area contributed by atoms with E-state index in [0.29, 0.717) is 18.3 Å². The molecule has 2 N–H and O–H groups in total. The van der Waals surface area contributed by atoms with Gasteiger partial charge in [-0.3, -0.25) is 9.69 Å². The molecule has 21 heavy (non-hydrogen) atoms. The maximum absolute atomic E-state index is 12.3. The van der Waals surface area contributed by atoms with Crippen LogP contribution in [0.2, 0.25) is 0 Å². The molecule has 1 atom stereocenters. The van der Waals surface area contributed by atoms with Crippen molar-refractivity contribution in [3.8, 4) is 5.75 Å². The average molecular weight is 289 g/mol. The molecule has 0 bridgehead atoms. The molecule has 0 saturated carbocycles. The minimum absolute atomic E-state index is 0.0772. The van der Waals surface area contributed by atoms with Gasteiger partial charge in [0.25, 0.3) is 5.91 Å². The van der Waals surface area contributed by atoms with Crippen molar-refractivity contribution >= 4 is 5.91 Å². The molecule has 1 aromatic carbocycles. The lowest BCUT2D eigenvalue weighted by Crippen LogP contribution is -2.53. The van der Waals surface area contributed by atoms with Gasteiger partial charge in [0.15, 0.2) is 6.61 Å². The average Bonchev–Trinajstić information content (AvgIpc) is 3.00. The highest BCUT2D eigenvalue weighted by atomic mass is 16.5. The molecule has 1 aromatic rings. The van der Waals surface area contributed by atoms with E-state index in [9.17, 15) is 4.79 Å². The van der Waals surface area contributed by atoms with Crippen molar-refractivity contribution in [2.45, 2.75) is 25.4 Å². The second-order valence-corrected chi connectivity index (χ2v) is 5.77. The van der Waals surface area contributed by atoms with Gasteiger partial charge in [0.1, 0.15) is 5.75 Å². The van der Waals surface area contributed by atoms with Crippen LogP contribution in [-0.4, -0.2) is 54.5 Å². The number of amides is 1. The van der Waals surface area contributed by atoms with Crippen LogP contribution in [0, 0.1) is 0 Å². The summed E-state index contributed by atoms with van der Waals surface area (Å²) in [5.74, 6) is 0.793. The first-order valence-corrected chi connectivity index (χ1v) is 7.70. The first kappa shape index (κ1) is 14.4. The Morgan fingerprint density at radius 1 is 1.29 bits per heavy atom. The predicted octanol–water partition coefficient (Wildman–Crippen LogP) is 0.831. The number of piperazine rings is 1. The van der Waals surface area contributed by atoms with Crippen molar-refractivity contribution in [2.75, 3.05) is 32.8 Å². The Hall–Kier alpha value is -1.59. The van der Waals surface area contributed by atoms with Gasteiger partial charge >= 0.3 is 0 Å². The summed E-state index contributed by atoms with van der Waals surface area (Å²) in [6, 6.07) is 8.17. The predicted molar refractivity (Wildman–Crippen MR) is 81.0 cm³/mol. The van der Waals surface area contributed by atoms with Gasteiger partial charge in [0.05, 0.1) is 0 Å². The van der Waals surface area contributed by atoms with Crippen LogP contribution in [-0.2, 0) is 11.3 Å². The number of hydrogen-bond donors (Lipinski definition) is 1. The summed E-state index contributed by atoms with van der Waals surface area (Å²) >= 11 is 0. The summed E-state index contributed by atoms with van der Waals surface area (Å²) in [5.41, 5.74) is 6.61. The fourth-order valence-electron chi connectivity index (χ4n) is 3.26. The summed E-state index contributed by atoms with van der Waals surface area (Å²) in [6.07, 6.45) is 2.47. The minimum Gasteiger partial charge on any atom is -0.483 e. The van der Waals surface area contributed by atoms with Gasteiger partial charge < -0.3 is 15.4 Å². The van der Waals surface area contributed by atoms with Crippen molar-refractivity contribution < 1.29 is 9.53 Å². The van der Waals surface area contributed by atoms with Crippen molar-refractivity contribution in [2.24, 2.45) is 5.73 Å². The number of nitrogens with two attached hydrogens (primary N) is 1. The third kappa shape index (κ3) is 3.19. The first-order chi connectivity index (χ1) is 10.3. The maximum Gasteiger partial charge on any atom is 0.260 e. The fourth-order valence-corrected chi connectivity index (χ4v) is 3.26. The number of benzene rings is 1. The van der Waals surface area contributed by atoms with E-state index in [1.54, 1.807) is 0 Å². The summed E-state index contributed by atoms with van der Waals surface area (Å²) in [5, 5.41) is 0. The number of ether oxygens (including phenoxy) is 1. The van der Waals surface area contributed by atoms with Crippen LogP contribution in [0.25, 0.3) is 0 Å². The van der Waals surface area contributed by atoms with Crippen LogP contribution in [0.3, 0.4) is 0 Å². The van der Waals surface area contributed by atoms with Crippen LogP contribution >= 0.6 is 0 Å². The quantitative estimate of drug-likeness (QED) is 0.892. The van der Waals surface area contributed by atoms with Gasteiger partial charge in [-0.25, -0.2) is 0 Å². The number of rotatable bonds is 4. The SMILES string of the molecule is NCc1ccccc1OCC(=O)N1CCN2CCCC2C1. The lowest BCUT2D eigenvalue weighted by atomic mass is 10.1. The first-order valence-electron chi connectivity index (χ1n) is 7.70. The highest BCUT2D eigenvalue weighted by molar-refractivity contribution is 5.78. The van der Waals surface area contributed by atoms with Crippen LogP contribution < -0.4 is 10.5 Å². The monoisotopic (exact) mass is 289 g/mol. The Morgan fingerprint density at radius 3 is 3.00 bits per heavy atom. The lowest BCUT2D eigenvalue weighted by Gasteiger charge is -2.37. The molecule has 5 heteroatoms. The Balaban J connectivity index is 1.54. The third-order valence-corrected chi connectivity index (χ3v) is 4.48. The molecule has 0 aromatic heterocycles. The highest BCUT2D eigenvalue weighted by Gasteiger charge is 2.32. The molecule has 5 nitrogen and oxygen atoms in total. The summed E-state index contributed by atoms with van der Waals surface area (Å²) in [4.78, 5) is 16.7. The minimum atomic E-state index is 0.0772. The van der Waals surface area contributed by atoms with Gasteiger partial charge in [-0.05, 0) is 25.5 Å². The third-order valence-electron chi connectivity index (χ3n) is 4.48. The molecule has 114 valence electrons. The molecule has 3 rings (SSSR count). The van der Waals surface area contributed by atoms with Crippen LogP contribution in [0.1, 0.15) is 18.4 Å². The Labute approximate surface area is 125 Å². The molecular weight excluding hydrogens is 266 g/mol. The van der Waals surface area contributed by atoms with E-state index in [1.807, 2.05) is 29.2 Å². The van der Waals surface area contributed by atoms with Gasteiger partial charge in [-0.2, -0.15) is 0 Å². The highest BCUT2D eigenvalue weighted by Crippen LogP contribution is 2.22. The largest absolute Gasteiger partial charge is 0.483 e. The van der Waals surface area contributed by atoms with Crippen molar-refractivity contribution in [3.63, 3.8) is 0 Å². The van der Waals surface area contributed by atoms with E-state index in [2.05, 4.69) is 4.90 Å². The summed E-state index contributed by atoms with van der Waals surface area (Å²) < 4.78 is 5.67. The molecule has 2 aliphatic rings. The maximum atomic E-state index is 12.3. The molecule has 2 fully saturated rings.